The summed E-state index contributed by atoms with van der Waals surface area (Å²) in [5.41, 5.74) is 3.92. The molecule has 1 unspecified atom stereocenters. The maximum atomic E-state index is 13.1. The van der Waals surface area contributed by atoms with Gasteiger partial charge in [0.2, 0.25) is 5.95 Å². The molecule has 3 aromatic rings. The number of phenols is 1. The van der Waals surface area contributed by atoms with Crippen molar-refractivity contribution in [2.75, 3.05) is 10.6 Å². The van der Waals surface area contributed by atoms with Crippen molar-refractivity contribution in [3.8, 4) is 5.75 Å². The third-order valence-electron chi connectivity index (χ3n) is 4.56. The van der Waals surface area contributed by atoms with E-state index in [1.807, 2.05) is 38.1 Å². The number of nitrogens with one attached hydrogen (secondary N) is 2. The molecule has 1 amide bonds. The van der Waals surface area contributed by atoms with Crippen LogP contribution in [0, 0.1) is 6.92 Å². The van der Waals surface area contributed by atoms with Gasteiger partial charge in [-0.3, -0.25) is 4.79 Å². The van der Waals surface area contributed by atoms with Crippen molar-refractivity contribution in [1.82, 2.24) is 14.8 Å². The third-order valence-corrected chi connectivity index (χ3v) is 4.56. The normalized spacial score (nSPS) is 15.9. The lowest BCUT2D eigenvalue weighted by Gasteiger charge is -2.28. The van der Waals surface area contributed by atoms with Gasteiger partial charge in [0.05, 0.1) is 5.57 Å². The maximum Gasteiger partial charge on any atom is 0.255 e. The van der Waals surface area contributed by atoms with Crippen molar-refractivity contribution in [2.45, 2.75) is 19.9 Å². The molecule has 7 heteroatoms. The molecule has 2 heterocycles. The van der Waals surface area contributed by atoms with Gasteiger partial charge in [0.25, 0.3) is 5.91 Å². The highest BCUT2D eigenvalue weighted by Crippen LogP contribution is 2.35. The van der Waals surface area contributed by atoms with E-state index in [4.69, 9.17) is 0 Å². The zero-order valence-electron chi connectivity index (χ0n) is 15.0. The number of hydrogen-bond acceptors (Lipinski definition) is 5. The van der Waals surface area contributed by atoms with Crippen LogP contribution in [0.25, 0.3) is 0 Å². The number of aromatic hydroxyl groups is 1. The molecule has 1 aliphatic rings. The number of hydrogen-bond donors (Lipinski definition) is 3. The zero-order valence-corrected chi connectivity index (χ0v) is 15.0. The topological polar surface area (TPSA) is 92.1 Å². The Bertz CT molecular complexity index is 1020. The van der Waals surface area contributed by atoms with Crippen molar-refractivity contribution in [3.05, 3.63) is 77.3 Å². The van der Waals surface area contributed by atoms with Gasteiger partial charge in [0, 0.05) is 11.4 Å². The van der Waals surface area contributed by atoms with E-state index in [0.717, 1.165) is 16.8 Å². The van der Waals surface area contributed by atoms with Crippen molar-refractivity contribution in [3.63, 3.8) is 0 Å². The fraction of sp³-hybridized carbons (Fsp3) is 0.150. The Labute approximate surface area is 156 Å². The van der Waals surface area contributed by atoms with E-state index in [1.54, 1.807) is 28.9 Å². The minimum atomic E-state index is -0.449. The predicted molar refractivity (Wildman–Crippen MR) is 102 cm³/mol. The second kappa shape index (κ2) is 6.60. The molecule has 1 aliphatic heterocycles. The van der Waals surface area contributed by atoms with Gasteiger partial charge in [-0.05, 0) is 43.7 Å². The molecule has 0 bridgehead atoms. The molecule has 0 saturated heterocycles. The largest absolute Gasteiger partial charge is 0.508 e. The van der Waals surface area contributed by atoms with Gasteiger partial charge < -0.3 is 15.7 Å². The summed E-state index contributed by atoms with van der Waals surface area (Å²) in [6, 6.07) is 13.9. The number of nitrogens with zero attached hydrogens (tertiary/aromatic N) is 3. The minimum Gasteiger partial charge on any atom is -0.508 e. The lowest BCUT2D eigenvalue weighted by Crippen LogP contribution is -2.31. The average Bonchev–Trinajstić information content (AvgIpc) is 3.11. The molecule has 7 nitrogen and oxygen atoms in total. The Morgan fingerprint density at radius 2 is 1.81 bits per heavy atom. The average molecular weight is 361 g/mol. The van der Waals surface area contributed by atoms with Gasteiger partial charge in [-0.1, -0.05) is 29.8 Å². The molecule has 0 fully saturated rings. The highest BCUT2D eigenvalue weighted by Gasteiger charge is 2.33. The number of phenolic OH excluding ortho intramolecular Hbond substituents is 1. The second-order valence-electron chi connectivity index (χ2n) is 6.51. The van der Waals surface area contributed by atoms with Crippen LogP contribution < -0.4 is 10.6 Å². The fourth-order valence-electron chi connectivity index (χ4n) is 3.19. The number of carbonyl (C=O) groups is 1. The van der Waals surface area contributed by atoms with Gasteiger partial charge in [0.15, 0.2) is 0 Å². The summed E-state index contributed by atoms with van der Waals surface area (Å²) in [6.45, 7) is 3.84. The number of benzene rings is 2. The zero-order chi connectivity index (χ0) is 19.0. The van der Waals surface area contributed by atoms with Gasteiger partial charge in [0.1, 0.15) is 18.1 Å². The quantitative estimate of drug-likeness (QED) is 0.666. The summed E-state index contributed by atoms with van der Waals surface area (Å²) in [7, 11) is 0. The first kappa shape index (κ1) is 16.8. The number of amides is 1. The first-order valence-electron chi connectivity index (χ1n) is 8.57. The van der Waals surface area contributed by atoms with Crippen LogP contribution in [0.2, 0.25) is 0 Å². The number of anilines is 2. The summed E-state index contributed by atoms with van der Waals surface area (Å²) in [4.78, 5) is 17.3. The van der Waals surface area contributed by atoms with E-state index in [-0.39, 0.29) is 11.7 Å². The monoisotopic (exact) mass is 361 g/mol. The molecule has 0 spiro atoms. The van der Waals surface area contributed by atoms with Gasteiger partial charge in [-0.25, -0.2) is 4.68 Å². The van der Waals surface area contributed by atoms with E-state index in [2.05, 4.69) is 20.7 Å². The van der Waals surface area contributed by atoms with Crippen LogP contribution >= 0.6 is 0 Å². The van der Waals surface area contributed by atoms with Gasteiger partial charge in [-0.15, -0.1) is 0 Å². The number of fused-ring (bicyclic) bond motifs is 1. The molecular formula is C20H19N5O2. The van der Waals surface area contributed by atoms with Gasteiger partial charge in [-0.2, -0.15) is 10.1 Å². The van der Waals surface area contributed by atoms with E-state index < -0.39 is 6.04 Å². The summed E-state index contributed by atoms with van der Waals surface area (Å²) in [6.07, 6.45) is 1.45. The van der Waals surface area contributed by atoms with Crippen molar-refractivity contribution in [1.29, 1.82) is 0 Å². The molecule has 2 aromatic carbocycles. The predicted octanol–water partition coefficient (Wildman–Crippen LogP) is 3.22. The fourth-order valence-corrected chi connectivity index (χ4v) is 3.19. The van der Waals surface area contributed by atoms with Crippen LogP contribution in [0.1, 0.15) is 24.1 Å². The molecule has 1 aromatic heterocycles. The number of rotatable bonds is 3. The van der Waals surface area contributed by atoms with E-state index in [9.17, 15) is 9.90 Å². The summed E-state index contributed by atoms with van der Waals surface area (Å²) in [5.74, 6) is 0.512. The Kier molecular flexibility index (Phi) is 4.12. The lowest BCUT2D eigenvalue weighted by molar-refractivity contribution is -0.113. The highest BCUT2D eigenvalue weighted by molar-refractivity contribution is 6.06. The molecular weight excluding hydrogens is 342 g/mol. The van der Waals surface area contributed by atoms with Crippen LogP contribution in [-0.4, -0.2) is 25.8 Å². The number of allylic oxidation sites excluding steroid dienone is 1. The van der Waals surface area contributed by atoms with E-state index in [0.29, 0.717) is 17.2 Å². The van der Waals surface area contributed by atoms with Crippen molar-refractivity contribution in [2.24, 2.45) is 0 Å². The Morgan fingerprint density at radius 3 is 2.52 bits per heavy atom. The SMILES string of the molecule is CC1=C(C(=O)Nc2ccc(C)cc2)C(c2ccc(O)cc2)n2ncnc2N1. The molecule has 27 heavy (non-hydrogen) atoms. The standard InChI is InChI=1S/C20H19N5O2/c1-12-3-7-15(8-4-12)24-19(27)17-13(2)23-20-21-11-22-25(20)18(17)14-5-9-16(26)10-6-14/h3-11,18,26H,1-2H3,(H,24,27)(H,21,22,23). The van der Waals surface area contributed by atoms with Crippen LogP contribution in [-0.2, 0) is 4.79 Å². The molecule has 0 radical (unpaired) electrons. The van der Waals surface area contributed by atoms with Crippen LogP contribution in [0.5, 0.6) is 5.75 Å². The van der Waals surface area contributed by atoms with Crippen LogP contribution in [0.4, 0.5) is 11.6 Å². The highest BCUT2D eigenvalue weighted by atomic mass is 16.3. The summed E-state index contributed by atoms with van der Waals surface area (Å²) in [5, 5.41) is 20.0. The Hall–Kier alpha value is -3.61. The van der Waals surface area contributed by atoms with E-state index >= 15 is 0 Å². The number of aryl methyl sites for hydroxylation is 1. The minimum absolute atomic E-state index is 0.165. The van der Waals surface area contributed by atoms with Crippen molar-refractivity contribution < 1.29 is 9.90 Å². The Balaban J connectivity index is 1.74. The lowest BCUT2D eigenvalue weighted by atomic mass is 9.95. The first-order valence-corrected chi connectivity index (χ1v) is 8.57. The molecule has 1 atom stereocenters. The second-order valence-corrected chi connectivity index (χ2v) is 6.51. The molecule has 0 saturated carbocycles. The molecule has 4 rings (SSSR count). The molecule has 0 aliphatic carbocycles. The van der Waals surface area contributed by atoms with Gasteiger partial charge >= 0.3 is 0 Å². The van der Waals surface area contributed by atoms with E-state index in [1.165, 1.54) is 6.33 Å². The summed E-state index contributed by atoms with van der Waals surface area (Å²) >= 11 is 0. The van der Waals surface area contributed by atoms with Crippen LogP contribution in [0.3, 0.4) is 0 Å². The third kappa shape index (κ3) is 3.15. The smallest absolute Gasteiger partial charge is 0.255 e. The molecule has 3 N–H and O–H groups in total. The Morgan fingerprint density at radius 1 is 1.11 bits per heavy atom. The summed E-state index contributed by atoms with van der Waals surface area (Å²) < 4.78 is 1.67. The van der Waals surface area contributed by atoms with Crippen molar-refractivity contribution >= 4 is 17.5 Å². The first-order chi connectivity index (χ1) is 13.0. The maximum absolute atomic E-state index is 13.1. The number of carbonyl (C=O) groups excluding carboxylic acids is 1. The number of aromatic nitrogens is 3. The molecule has 136 valence electrons. The van der Waals surface area contributed by atoms with Crippen LogP contribution in [0.15, 0.2) is 66.1 Å².